The minimum Gasteiger partial charge on any atom is -0.462 e. The first kappa shape index (κ1) is 94.5. The minimum absolute atomic E-state index is 0.101. The third kappa shape index (κ3) is 71.7. The highest BCUT2D eigenvalue weighted by Gasteiger charge is 2.30. The molecule has 97 heavy (non-hydrogen) atoms. The number of hydrogen-bond acceptors (Lipinski definition) is 15. The quantitative estimate of drug-likeness (QED) is 0.0169. The van der Waals surface area contributed by atoms with Gasteiger partial charge in [0.2, 0.25) is 0 Å². The van der Waals surface area contributed by atoms with E-state index in [4.69, 9.17) is 37.0 Å². The van der Waals surface area contributed by atoms with Crippen molar-refractivity contribution in [2.24, 2.45) is 11.8 Å². The molecule has 3 N–H and O–H groups in total. The Hall–Kier alpha value is -2.46. The van der Waals surface area contributed by atoms with Gasteiger partial charge in [0, 0.05) is 25.7 Å². The number of allylic oxidation sites excluding steroid dienone is 4. The molecule has 19 heteroatoms. The third-order valence-corrected chi connectivity index (χ3v) is 19.5. The molecule has 0 radical (unpaired) electrons. The van der Waals surface area contributed by atoms with E-state index in [1.54, 1.807) is 0 Å². The molecule has 0 aromatic carbocycles. The molecule has 0 aliphatic carbocycles. The number of carbonyl (C=O) groups is 4. The van der Waals surface area contributed by atoms with Crippen LogP contribution in [0.5, 0.6) is 0 Å². The number of phosphoric ester groups is 2. The van der Waals surface area contributed by atoms with Crippen LogP contribution in [0.3, 0.4) is 0 Å². The second kappa shape index (κ2) is 69.3. The van der Waals surface area contributed by atoms with Crippen molar-refractivity contribution >= 4 is 39.5 Å². The topological polar surface area (TPSA) is 237 Å². The second-order valence-electron chi connectivity index (χ2n) is 28.4. The van der Waals surface area contributed by atoms with Crippen molar-refractivity contribution in [2.75, 3.05) is 39.6 Å². The molecule has 0 amide bonds. The predicted octanol–water partition coefficient (Wildman–Crippen LogP) is 22.7. The maximum Gasteiger partial charge on any atom is 0.472 e. The van der Waals surface area contributed by atoms with E-state index in [2.05, 4.69) is 65.8 Å². The van der Waals surface area contributed by atoms with Gasteiger partial charge in [-0.2, -0.15) is 0 Å². The molecule has 0 heterocycles. The maximum atomic E-state index is 13.1. The molecule has 0 saturated carbocycles. The zero-order chi connectivity index (χ0) is 71.4. The summed E-state index contributed by atoms with van der Waals surface area (Å²) in [7, 11) is -9.92. The van der Waals surface area contributed by atoms with E-state index < -0.39 is 97.5 Å². The number of unbranched alkanes of at least 4 members (excludes halogenated alkanes) is 42. The minimum atomic E-state index is -4.97. The monoisotopic (exact) mass is 1420 g/mol. The van der Waals surface area contributed by atoms with Gasteiger partial charge < -0.3 is 33.8 Å². The SMILES string of the molecule is CCCCCC/C=C\C=C/CCCCCCCC(=O)OC[C@H](COP(=O)(O)OC[C@@H](O)COP(=O)(O)OC[C@@H](COC(=O)CCCCCCCCCC(C)C)OC(=O)CCCCCCCCCCCCC)OC(=O)CCCCCCCCCCCCCCCCCCCCC(C)C. The molecular formula is C78H148O17P2. The van der Waals surface area contributed by atoms with Gasteiger partial charge in [-0.3, -0.25) is 37.3 Å². The Labute approximate surface area is 592 Å². The Kier molecular flexibility index (Phi) is 67.5. The van der Waals surface area contributed by atoms with Crippen molar-refractivity contribution < 1.29 is 80.2 Å². The van der Waals surface area contributed by atoms with E-state index in [1.807, 2.05) is 0 Å². The first-order valence-corrected chi connectivity index (χ1v) is 42.8. The molecule has 5 atom stereocenters. The van der Waals surface area contributed by atoms with Gasteiger partial charge in [0.15, 0.2) is 12.2 Å². The summed E-state index contributed by atoms with van der Waals surface area (Å²) in [5, 5.41) is 10.6. The van der Waals surface area contributed by atoms with Crippen molar-refractivity contribution in [3.05, 3.63) is 24.3 Å². The summed E-state index contributed by atoms with van der Waals surface area (Å²) < 4.78 is 68.5. The smallest absolute Gasteiger partial charge is 0.462 e. The zero-order valence-corrected chi connectivity index (χ0v) is 64.7. The van der Waals surface area contributed by atoms with Crippen molar-refractivity contribution in [1.82, 2.24) is 0 Å². The van der Waals surface area contributed by atoms with Gasteiger partial charge in [0.05, 0.1) is 26.4 Å². The summed E-state index contributed by atoms with van der Waals surface area (Å²) in [4.78, 5) is 72.8. The summed E-state index contributed by atoms with van der Waals surface area (Å²) in [6.45, 7) is 9.51. The Morgan fingerprint density at radius 1 is 0.320 bits per heavy atom. The van der Waals surface area contributed by atoms with Crippen LogP contribution in [-0.4, -0.2) is 96.7 Å². The molecule has 2 unspecified atom stereocenters. The number of hydrogen-bond donors (Lipinski definition) is 3. The molecule has 0 rings (SSSR count). The molecule has 0 aromatic heterocycles. The Morgan fingerprint density at radius 3 is 0.845 bits per heavy atom. The van der Waals surface area contributed by atoms with Gasteiger partial charge in [0.25, 0.3) is 0 Å². The van der Waals surface area contributed by atoms with Crippen LogP contribution in [0.4, 0.5) is 0 Å². The first-order chi connectivity index (χ1) is 46.9. The lowest BCUT2D eigenvalue weighted by Gasteiger charge is -2.21. The maximum absolute atomic E-state index is 13.1. The van der Waals surface area contributed by atoms with Crippen LogP contribution >= 0.6 is 15.6 Å². The van der Waals surface area contributed by atoms with Crippen molar-refractivity contribution in [2.45, 2.75) is 400 Å². The average molecular weight is 1420 g/mol. The second-order valence-corrected chi connectivity index (χ2v) is 31.3. The third-order valence-electron chi connectivity index (χ3n) is 17.6. The fraction of sp³-hybridized carbons (Fsp3) is 0.897. The molecule has 572 valence electrons. The van der Waals surface area contributed by atoms with Gasteiger partial charge in [0.1, 0.15) is 19.3 Å². The molecule has 0 aliphatic heterocycles. The fourth-order valence-electron chi connectivity index (χ4n) is 11.5. The van der Waals surface area contributed by atoms with Gasteiger partial charge in [-0.05, 0) is 63.2 Å². The van der Waals surface area contributed by atoms with E-state index in [0.717, 1.165) is 121 Å². The number of phosphoric acid groups is 2. The molecule has 17 nitrogen and oxygen atoms in total. The Morgan fingerprint density at radius 2 is 0.557 bits per heavy atom. The largest absolute Gasteiger partial charge is 0.472 e. The lowest BCUT2D eigenvalue weighted by atomic mass is 10.0. The molecular weight excluding hydrogens is 1270 g/mol. The van der Waals surface area contributed by atoms with Gasteiger partial charge in [-0.25, -0.2) is 9.13 Å². The van der Waals surface area contributed by atoms with Crippen LogP contribution in [0.2, 0.25) is 0 Å². The highest BCUT2D eigenvalue weighted by molar-refractivity contribution is 7.47. The number of aliphatic hydroxyl groups excluding tert-OH is 1. The number of carbonyl (C=O) groups excluding carboxylic acids is 4. The lowest BCUT2D eigenvalue weighted by molar-refractivity contribution is -0.161. The highest BCUT2D eigenvalue weighted by Crippen LogP contribution is 2.45. The summed E-state index contributed by atoms with van der Waals surface area (Å²) >= 11 is 0. The number of aliphatic hydroxyl groups is 1. The van der Waals surface area contributed by atoms with E-state index in [9.17, 15) is 43.2 Å². The van der Waals surface area contributed by atoms with Crippen LogP contribution in [-0.2, 0) is 65.4 Å². The number of ether oxygens (including phenoxy) is 4. The Balaban J connectivity index is 5.24. The molecule has 0 bridgehead atoms. The van der Waals surface area contributed by atoms with Crippen LogP contribution in [0.15, 0.2) is 24.3 Å². The van der Waals surface area contributed by atoms with Crippen LogP contribution in [0.25, 0.3) is 0 Å². The van der Waals surface area contributed by atoms with Crippen LogP contribution < -0.4 is 0 Å². The van der Waals surface area contributed by atoms with E-state index in [-0.39, 0.29) is 25.7 Å². The van der Waals surface area contributed by atoms with Gasteiger partial charge >= 0.3 is 39.5 Å². The zero-order valence-electron chi connectivity index (χ0n) is 62.9. The van der Waals surface area contributed by atoms with Gasteiger partial charge in [-0.1, -0.05) is 329 Å². The first-order valence-electron chi connectivity index (χ1n) is 39.8. The van der Waals surface area contributed by atoms with Gasteiger partial charge in [-0.15, -0.1) is 0 Å². The summed E-state index contributed by atoms with van der Waals surface area (Å²) in [5.41, 5.74) is 0. The molecule has 0 saturated heterocycles. The molecule has 0 fully saturated rings. The Bertz CT molecular complexity index is 1970. The highest BCUT2D eigenvalue weighted by atomic mass is 31.2. The van der Waals surface area contributed by atoms with Crippen molar-refractivity contribution in [1.29, 1.82) is 0 Å². The predicted molar refractivity (Wildman–Crippen MR) is 395 cm³/mol. The molecule has 0 spiro atoms. The lowest BCUT2D eigenvalue weighted by Crippen LogP contribution is -2.30. The average Bonchev–Trinajstić information content (AvgIpc) is 2.20. The summed E-state index contributed by atoms with van der Waals surface area (Å²) in [6.07, 6.45) is 60.6. The molecule has 0 aliphatic rings. The number of rotatable bonds is 75. The number of esters is 4. The van der Waals surface area contributed by atoms with Crippen molar-refractivity contribution in [3.8, 4) is 0 Å². The summed E-state index contributed by atoms with van der Waals surface area (Å²) in [5.74, 6) is -0.622. The normalized spacial score (nSPS) is 14.1. The van der Waals surface area contributed by atoms with Crippen LogP contribution in [0.1, 0.15) is 382 Å². The standard InChI is InChI=1S/C78H148O17P2/c1-7-9-11-13-15-17-19-20-25-29-33-36-42-48-54-60-75(80)88-66-73(94-78(83)63-57-51-44-38-34-30-27-24-22-21-23-26-28-32-35-40-46-52-58-70(3)4)68-92-96(84,85)90-64-72(79)65-91-97(86,87)93-69-74(67-89-76(81)61-55-49-45-39-41-47-53-59-71(5)6)95-77(82)62-56-50-43-37-31-18-16-14-12-10-8-2/h17,19-20,25,70-74,79H,7-16,18,21-24,26-69H2,1-6H3,(H,84,85)(H,86,87)/b19-17-,25-20-/t72-,73-,74-/m1/s1. The van der Waals surface area contributed by atoms with Crippen molar-refractivity contribution in [3.63, 3.8) is 0 Å². The van der Waals surface area contributed by atoms with E-state index in [0.29, 0.717) is 31.6 Å². The van der Waals surface area contributed by atoms with Crippen LogP contribution in [0, 0.1) is 11.8 Å². The van der Waals surface area contributed by atoms with E-state index in [1.165, 1.54) is 173 Å². The summed E-state index contributed by atoms with van der Waals surface area (Å²) in [6, 6.07) is 0. The fourth-order valence-corrected chi connectivity index (χ4v) is 13.0. The molecule has 0 aromatic rings. The van der Waals surface area contributed by atoms with E-state index >= 15 is 0 Å².